The minimum absolute atomic E-state index is 0. The molecule has 146 valence electrons. The summed E-state index contributed by atoms with van der Waals surface area (Å²) in [6.07, 6.45) is 0.115. The zero-order valence-corrected chi connectivity index (χ0v) is 17.2. The molecule has 0 aliphatic heterocycles. The Morgan fingerprint density at radius 2 is 1.78 bits per heavy atom. The van der Waals surface area contributed by atoms with E-state index in [-0.39, 0.29) is 36.7 Å². The number of carbonyl (C=O) groups excluding carboxylic acids is 2. The van der Waals surface area contributed by atoms with E-state index in [2.05, 4.69) is 5.32 Å². The van der Waals surface area contributed by atoms with E-state index in [1.165, 1.54) is 0 Å². The van der Waals surface area contributed by atoms with Crippen LogP contribution in [0.15, 0.2) is 48.5 Å². The van der Waals surface area contributed by atoms with Crippen LogP contribution < -0.4 is 11.1 Å². The Labute approximate surface area is 171 Å². The molecular formula is C20H25Cl2N3O2. The quantitative estimate of drug-likeness (QED) is 0.747. The lowest BCUT2D eigenvalue weighted by molar-refractivity contribution is -0.116. The third-order valence-electron chi connectivity index (χ3n) is 4.22. The lowest BCUT2D eigenvalue weighted by Gasteiger charge is -2.22. The van der Waals surface area contributed by atoms with Crippen molar-refractivity contribution < 1.29 is 9.59 Å². The Morgan fingerprint density at radius 1 is 1.15 bits per heavy atom. The molecule has 3 N–H and O–H groups in total. The van der Waals surface area contributed by atoms with Crippen LogP contribution in [0.25, 0.3) is 0 Å². The molecule has 27 heavy (non-hydrogen) atoms. The summed E-state index contributed by atoms with van der Waals surface area (Å²) < 4.78 is 0. The molecule has 0 aliphatic carbocycles. The van der Waals surface area contributed by atoms with Gasteiger partial charge in [-0.3, -0.25) is 9.59 Å². The number of carbonyl (C=O) groups is 2. The number of hydrogen-bond donors (Lipinski definition) is 2. The standard InChI is InChI=1S/C20H24ClN3O2.ClH/c1-13(2)24(3)20(26)15-9-10-16(21)18(11-15)23-19(25)12-17(22)14-7-5-4-6-8-14;/h4-11,13,17H,12,22H2,1-3H3,(H,23,25);1H. The van der Waals surface area contributed by atoms with Gasteiger partial charge in [-0.2, -0.15) is 0 Å². The van der Waals surface area contributed by atoms with Crippen LogP contribution in [0.3, 0.4) is 0 Å². The number of rotatable bonds is 6. The van der Waals surface area contributed by atoms with Gasteiger partial charge in [0.05, 0.1) is 10.7 Å². The molecule has 2 amide bonds. The molecule has 0 aromatic heterocycles. The molecule has 2 aromatic rings. The molecule has 0 bridgehead atoms. The van der Waals surface area contributed by atoms with E-state index in [4.69, 9.17) is 17.3 Å². The summed E-state index contributed by atoms with van der Waals surface area (Å²) in [5, 5.41) is 3.12. The second-order valence-electron chi connectivity index (χ2n) is 6.47. The van der Waals surface area contributed by atoms with E-state index in [1.54, 1.807) is 30.1 Å². The highest BCUT2D eigenvalue weighted by atomic mass is 35.5. The molecule has 0 aliphatic rings. The van der Waals surface area contributed by atoms with Crippen LogP contribution in [0.5, 0.6) is 0 Å². The first-order valence-electron chi connectivity index (χ1n) is 8.46. The molecule has 0 heterocycles. The number of halogens is 2. The van der Waals surface area contributed by atoms with Crippen molar-refractivity contribution in [2.24, 2.45) is 5.73 Å². The Morgan fingerprint density at radius 3 is 2.37 bits per heavy atom. The minimum atomic E-state index is -0.410. The molecule has 0 saturated carbocycles. The van der Waals surface area contributed by atoms with Crippen LogP contribution in [0.4, 0.5) is 5.69 Å². The van der Waals surface area contributed by atoms with E-state index >= 15 is 0 Å². The van der Waals surface area contributed by atoms with Crippen LogP contribution in [0.1, 0.15) is 42.2 Å². The van der Waals surface area contributed by atoms with Crippen LogP contribution in [-0.2, 0) is 4.79 Å². The SMILES string of the molecule is CC(C)N(C)C(=O)c1ccc(Cl)c(NC(=O)CC(N)c2ccccc2)c1.Cl. The summed E-state index contributed by atoms with van der Waals surface area (Å²) in [6, 6.07) is 13.9. The molecule has 2 aromatic carbocycles. The van der Waals surface area contributed by atoms with Crippen LogP contribution in [0.2, 0.25) is 5.02 Å². The zero-order valence-electron chi connectivity index (χ0n) is 15.6. The highest BCUT2D eigenvalue weighted by Gasteiger charge is 2.17. The first-order chi connectivity index (χ1) is 12.3. The number of nitrogens with one attached hydrogen (secondary N) is 1. The van der Waals surface area contributed by atoms with Gasteiger partial charge >= 0.3 is 0 Å². The van der Waals surface area contributed by atoms with Gasteiger partial charge in [-0.15, -0.1) is 12.4 Å². The number of amides is 2. The Bertz CT molecular complexity index is 782. The monoisotopic (exact) mass is 409 g/mol. The van der Waals surface area contributed by atoms with Gasteiger partial charge in [0, 0.05) is 31.1 Å². The summed E-state index contributed by atoms with van der Waals surface area (Å²) >= 11 is 6.17. The van der Waals surface area contributed by atoms with E-state index in [0.29, 0.717) is 16.3 Å². The van der Waals surface area contributed by atoms with E-state index in [1.807, 2.05) is 44.2 Å². The van der Waals surface area contributed by atoms with Crippen molar-refractivity contribution in [1.29, 1.82) is 0 Å². The smallest absolute Gasteiger partial charge is 0.253 e. The minimum Gasteiger partial charge on any atom is -0.339 e. The van der Waals surface area contributed by atoms with Crippen LogP contribution in [-0.4, -0.2) is 29.8 Å². The topological polar surface area (TPSA) is 75.4 Å². The summed E-state index contributed by atoms with van der Waals surface area (Å²) in [6.45, 7) is 3.86. The second-order valence-corrected chi connectivity index (χ2v) is 6.88. The highest BCUT2D eigenvalue weighted by molar-refractivity contribution is 6.33. The molecule has 0 radical (unpaired) electrons. The number of hydrogen-bond acceptors (Lipinski definition) is 3. The molecule has 2 rings (SSSR count). The lowest BCUT2D eigenvalue weighted by Crippen LogP contribution is -2.33. The lowest BCUT2D eigenvalue weighted by atomic mass is 10.0. The zero-order chi connectivity index (χ0) is 19.3. The van der Waals surface area contributed by atoms with Gasteiger partial charge in [-0.25, -0.2) is 0 Å². The van der Waals surface area contributed by atoms with Gasteiger partial charge in [0.2, 0.25) is 5.91 Å². The Hall–Kier alpha value is -2.08. The van der Waals surface area contributed by atoms with Gasteiger partial charge in [-0.05, 0) is 37.6 Å². The third-order valence-corrected chi connectivity index (χ3v) is 4.54. The van der Waals surface area contributed by atoms with Crippen LogP contribution >= 0.6 is 24.0 Å². The van der Waals surface area contributed by atoms with Gasteiger partial charge in [0.1, 0.15) is 0 Å². The fourth-order valence-electron chi connectivity index (χ4n) is 2.41. The third kappa shape index (κ3) is 6.24. The first kappa shape index (κ1) is 23.0. The van der Waals surface area contributed by atoms with E-state index in [0.717, 1.165) is 5.56 Å². The maximum absolute atomic E-state index is 12.4. The highest BCUT2D eigenvalue weighted by Crippen LogP contribution is 2.25. The Balaban J connectivity index is 0.00000364. The van der Waals surface area contributed by atoms with Gasteiger partial charge in [0.15, 0.2) is 0 Å². The second kappa shape index (κ2) is 10.3. The van der Waals surface area contributed by atoms with Gasteiger partial charge in [-0.1, -0.05) is 41.9 Å². The van der Waals surface area contributed by atoms with E-state index < -0.39 is 6.04 Å². The van der Waals surface area contributed by atoms with Gasteiger partial charge < -0.3 is 16.0 Å². The molecule has 1 atom stereocenters. The summed E-state index contributed by atoms with van der Waals surface area (Å²) in [5.41, 5.74) is 7.84. The summed E-state index contributed by atoms with van der Waals surface area (Å²) in [7, 11) is 1.73. The largest absolute Gasteiger partial charge is 0.339 e. The summed E-state index contributed by atoms with van der Waals surface area (Å²) in [4.78, 5) is 26.4. The normalized spacial score (nSPS) is 11.5. The molecular weight excluding hydrogens is 385 g/mol. The van der Waals surface area contributed by atoms with Crippen molar-refractivity contribution in [3.05, 3.63) is 64.7 Å². The van der Waals surface area contributed by atoms with Crippen molar-refractivity contribution in [2.45, 2.75) is 32.4 Å². The molecule has 0 saturated heterocycles. The predicted molar refractivity (Wildman–Crippen MR) is 113 cm³/mol. The summed E-state index contributed by atoms with van der Waals surface area (Å²) in [5.74, 6) is -0.391. The molecule has 0 spiro atoms. The number of nitrogens with zero attached hydrogens (tertiary/aromatic N) is 1. The maximum atomic E-state index is 12.4. The number of nitrogens with two attached hydrogens (primary N) is 1. The fraction of sp³-hybridized carbons (Fsp3) is 0.300. The average Bonchev–Trinajstić information content (AvgIpc) is 2.62. The Kier molecular flexibility index (Phi) is 8.76. The van der Waals surface area contributed by atoms with Crippen molar-refractivity contribution >= 4 is 41.5 Å². The van der Waals surface area contributed by atoms with E-state index in [9.17, 15) is 9.59 Å². The number of benzene rings is 2. The van der Waals surface area contributed by atoms with Crippen molar-refractivity contribution in [3.63, 3.8) is 0 Å². The molecule has 5 nitrogen and oxygen atoms in total. The van der Waals surface area contributed by atoms with Crippen molar-refractivity contribution in [1.82, 2.24) is 4.90 Å². The molecule has 1 unspecified atom stereocenters. The molecule has 0 fully saturated rings. The predicted octanol–water partition coefficient (Wildman–Crippen LogP) is 4.27. The number of anilines is 1. The van der Waals surface area contributed by atoms with Crippen LogP contribution in [0, 0.1) is 0 Å². The van der Waals surface area contributed by atoms with Crippen molar-refractivity contribution in [3.8, 4) is 0 Å². The molecule has 7 heteroatoms. The maximum Gasteiger partial charge on any atom is 0.253 e. The van der Waals surface area contributed by atoms with Crippen molar-refractivity contribution in [2.75, 3.05) is 12.4 Å². The van der Waals surface area contributed by atoms with Gasteiger partial charge in [0.25, 0.3) is 5.91 Å². The fourth-order valence-corrected chi connectivity index (χ4v) is 2.58. The first-order valence-corrected chi connectivity index (χ1v) is 8.84. The average molecular weight is 410 g/mol.